The second-order valence-electron chi connectivity index (χ2n) is 10.3. The fraction of sp³-hybridized carbons (Fsp3) is 0.333. The number of amides is 1. The molecule has 0 bridgehead atoms. The van der Waals surface area contributed by atoms with E-state index in [1.165, 1.54) is 5.56 Å². The van der Waals surface area contributed by atoms with Crippen LogP contribution in [0.1, 0.15) is 49.8 Å². The van der Waals surface area contributed by atoms with Crippen LogP contribution in [0.2, 0.25) is 0 Å². The number of carboxylic acid groups (broad SMARTS) is 1. The molecule has 0 radical (unpaired) electrons. The van der Waals surface area contributed by atoms with Crippen LogP contribution in [0.4, 0.5) is 0 Å². The van der Waals surface area contributed by atoms with Crippen LogP contribution in [0.5, 0.6) is 11.5 Å². The van der Waals surface area contributed by atoms with E-state index in [9.17, 15) is 14.7 Å². The number of benzene rings is 3. The van der Waals surface area contributed by atoms with Crippen molar-refractivity contribution in [3.63, 3.8) is 0 Å². The number of ether oxygens (including phenoxy) is 3. The molecule has 222 valence electrons. The Hall–Kier alpha value is -4.50. The number of carbonyl (C=O) groups is 2. The van der Waals surface area contributed by atoms with Gasteiger partial charge in [0.05, 0.1) is 31.0 Å². The first-order chi connectivity index (χ1) is 20.3. The largest absolute Gasteiger partial charge is 0.493 e. The van der Waals surface area contributed by atoms with Crippen LogP contribution in [0.15, 0.2) is 66.6 Å². The number of hydrogen-bond donors (Lipinski definition) is 3. The predicted molar refractivity (Wildman–Crippen MR) is 161 cm³/mol. The van der Waals surface area contributed by atoms with Crippen molar-refractivity contribution >= 4 is 12.4 Å². The zero-order valence-corrected chi connectivity index (χ0v) is 24.6. The normalized spacial score (nSPS) is 15.3. The minimum Gasteiger partial charge on any atom is -0.493 e. The van der Waals surface area contributed by atoms with Crippen molar-refractivity contribution in [2.45, 2.75) is 32.7 Å². The third kappa shape index (κ3) is 7.41. The van der Waals surface area contributed by atoms with Crippen LogP contribution in [0, 0.1) is 13.8 Å². The molecule has 9 heteroatoms. The molecule has 0 aromatic heterocycles. The number of methoxy groups -OCH3 is 1. The predicted octanol–water partition coefficient (Wildman–Crippen LogP) is 4.36. The lowest BCUT2D eigenvalue weighted by atomic mass is 9.86. The lowest BCUT2D eigenvalue weighted by Crippen LogP contribution is -2.35. The summed E-state index contributed by atoms with van der Waals surface area (Å²) in [5.74, 6) is 0.311. The summed E-state index contributed by atoms with van der Waals surface area (Å²) in [5.41, 5.74) is 7.86. The summed E-state index contributed by atoms with van der Waals surface area (Å²) in [6.07, 6.45) is 3.96. The first kappa shape index (κ1) is 30.5. The highest BCUT2D eigenvalue weighted by Gasteiger charge is 2.30. The molecule has 0 saturated heterocycles. The molecule has 9 nitrogen and oxygen atoms in total. The first-order valence-electron chi connectivity index (χ1n) is 14.0. The third-order valence-corrected chi connectivity index (χ3v) is 7.34. The lowest BCUT2D eigenvalue weighted by Gasteiger charge is -2.36. The molecule has 2 aliphatic heterocycles. The van der Waals surface area contributed by atoms with E-state index in [2.05, 4.69) is 42.7 Å². The minimum atomic E-state index is -0.948. The van der Waals surface area contributed by atoms with Crippen molar-refractivity contribution in [3.05, 3.63) is 106 Å². The first-order valence-corrected chi connectivity index (χ1v) is 14.0. The smallest absolute Gasteiger partial charge is 0.335 e. The van der Waals surface area contributed by atoms with E-state index in [4.69, 9.17) is 14.2 Å². The molecule has 1 atom stereocenters. The zero-order chi connectivity index (χ0) is 30.1. The Bertz CT molecular complexity index is 1440. The van der Waals surface area contributed by atoms with Crippen molar-refractivity contribution < 1.29 is 28.9 Å². The second-order valence-corrected chi connectivity index (χ2v) is 10.3. The van der Waals surface area contributed by atoms with Gasteiger partial charge in [-0.3, -0.25) is 4.79 Å². The molecule has 3 aromatic carbocycles. The van der Waals surface area contributed by atoms with E-state index in [0.717, 1.165) is 52.9 Å². The topological polar surface area (TPSA) is 109 Å². The minimum absolute atomic E-state index is 0.192. The van der Waals surface area contributed by atoms with E-state index < -0.39 is 5.97 Å². The quantitative estimate of drug-likeness (QED) is 0.307. The standard InChI is InChI=1S/C28H29NO5.C5H10N2O/c1-18-7-8-23(19(2)13-18)27-24-16-26(25(33-3)15-21(24)9-11-29(27)17-30)34-12-10-20-5-4-6-22(14-20)28(31)32;1-6-2-5-3-8-4-7-5/h4-8,13-17,27H,9-12H2,1-3H3,(H,31,32);3,6-7H,2,4H2,1H3. The van der Waals surface area contributed by atoms with Gasteiger partial charge in [0.15, 0.2) is 18.2 Å². The number of nitrogens with zero attached hydrogens (tertiary/aromatic N) is 1. The van der Waals surface area contributed by atoms with E-state index in [1.807, 2.05) is 30.1 Å². The van der Waals surface area contributed by atoms with Crippen LogP contribution in [-0.4, -0.2) is 63.0 Å². The monoisotopic (exact) mass is 573 g/mol. The van der Waals surface area contributed by atoms with Gasteiger partial charge in [-0.25, -0.2) is 4.79 Å². The van der Waals surface area contributed by atoms with Gasteiger partial charge in [-0.1, -0.05) is 35.9 Å². The highest BCUT2D eigenvalue weighted by molar-refractivity contribution is 5.87. The Balaban J connectivity index is 0.000000437. The lowest BCUT2D eigenvalue weighted by molar-refractivity contribution is -0.120. The maximum atomic E-state index is 12.0. The van der Waals surface area contributed by atoms with E-state index >= 15 is 0 Å². The van der Waals surface area contributed by atoms with Gasteiger partial charge in [-0.2, -0.15) is 0 Å². The number of rotatable bonds is 10. The van der Waals surface area contributed by atoms with E-state index in [0.29, 0.717) is 37.8 Å². The summed E-state index contributed by atoms with van der Waals surface area (Å²) in [4.78, 5) is 25.0. The Kier molecular flexibility index (Phi) is 10.4. The molecule has 2 heterocycles. The van der Waals surface area contributed by atoms with Crippen LogP contribution in [0.3, 0.4) is 0 Å². The van der Waals surface area contributed by atoms with Crippen LogP contribution >= 0.6 is 0 Å². The summed E-state index contributed by atoms with van der Waals surface area (Å²) in [5, 5.41) is 15.2. The van der Waals surface area contributed by atoms with Gasteiger partial charge in [-0.15, -0.1) is 0 Å². The Morgan fingerprint density at radius 1 is 1.14 bits per heavy atom. The maximum Gasteiger partial charge on any atom is 0.335 e. The number of carboxylic acids is 1. The van der Waals surface area contributed by atoms with Crippen LogP contribution in [-0.2, 0) is 22.4 Å². The van der Waals surface area contributed by atoms with Gasteiger partial charge in [-0.05, 0) is 79.4 Å². The van der Waals surface area contributed by atoms with Crippen LogP contribution in [0.25, 0.3) is 0 Å². The third-order valence-electron chi connectivity index (χ3n) is 7.34. The van der Waals surface area contributed by atoms with Crippen molar-refractivity contribution in [2.75, 3.05) is 40.6 Å². The number of likely N-dealkylation sites (N-methyl/N-ethyl adjacent to an activating group) is 1. The van der Waals surface area contributed by atoms with Gasteiger partial charge >= 0.3 is 5.97 Å². The molecule has 2 aliphatic rings. The Morgan fingerprint density at radius 3 is 2.64 bits per heavy atom. The SMILES string of the molecule is CNCC1=COCN1.COc1cc2c(cc1OCCc1cccc(C(=O)O)c1)C(c1ccc(C)cc1C)N(C=O)CC2. The van der Waals surface area contributed by atoms with Gasteiger partial charge in [0.1, 0.15) is 6.26 Å². The second kappa shape index (κ2) is 14.4. The van der Waals surface area contributed by atoms with Crippen molar-refractivity contribution in [1.82, 2.24) is 15.5 Å². The molecule has 42 heavy (non-hydrogen) atoms. The number of hydrogen-bond acceptors (Lipinski definition) is 7. The van der Waals surface area contributed by atoms with Crippen molar-refractivity contribution in [3.8, 4) is 11.5 Å². The molecule has 3 N–H and O–H groups in total. The number of carbonyl (C=O) groups excluding carboxylic acids is 1. The van der Waals surface area contributed by atoms with E-state index in [1.54, 1.807) is 31.6 Å². The van der Waals surface area contributed by atoms with Gasteiger partial charge in [0, 0.05) is 19.5 Å². The molecule has 0 saturated carbocycles. The van der Waals surface area contributed by atoms with Crippen molar-refractivity contribution in [1.29, 1.82) is 0 Å². The van der Waals surface area contributed by atoms with Crippen molar-refractivity contribution in [2.24, 2.45) is 0 Å². The summed E-state index contributed by atoms with van der Waals surface area (Å²) in [7, 11) is 3.52. The fourth-order valence-electron chi connectivity index (χ4n) is 5.26. The van der Waals surface area contributed by atoms with E-state index in [-0.39, 0.29) is 11.6 Å². The number of aryl methyl sites for hydroxylation is 2. The molecule has 0 fully saturated rings. The molecule has 1 unspecified atom stereocenters. The number of aromatic carboxylic acids is 1. The number of fused-ring (bicyclic) bond motifs is 1. The van der Waals surface area contributed by atoms with Gasteiger partial charge in [0.25, 0.3) is 0 Å². The molecule has 0 spiro atoms. The molecule has 0 aliphatic carbocycles. The van der Waals surface area contributed by atoms with Gasteiger partial charge < -0.3 is 34.9 Å². The highest BCUT2D eigenvalue weighted by Crippen LogP contribution is 2.41. The summed E-state index contributed by atoms with van der Waals surface area (Å²) in [6, 6.07) is 17.0. The molecule has 1 amide bonds. The Labute approximate surface area is 247 Å². The molecular formula is C33H39N3O6. The average Bonchev–Trinajstić information content (AvgIpc) is 3.50. The Morgan fingerprint density at radius 2 is 1.98 bits per heavy atom. The molecular weight excluding hydrogens is 534 g/mol. The van der Waals surface area contributed by atoms with Crippen LogP contribution < -0.4 is 20.1 Å². The van der Waals surface area contributed by atoms with Gasteiger partial charge in [0.2, 0.25) is 6.41 Å². The molecule has 3 aromatic rings. The summed E-state index contributed by atoms with van der Waals surface area (Å²) >= 11 is 0. The maximum absolute atomic E-state index is 12.0. The fourth-order valence-corrected chi connectivity index (χ4v) is 5.26. The number of nitrogens with one attached hydrogen (secondary N) is 2. The summed E-state index contributed by atoms with van der Waals surface area (Å²) in [6.45, 7) is 6.62. The molecule has 5 rings (SSSR count). The highest BCUT2D eigenvalue weighted by atomic mass is 16.5. The zero-order valence-electron chi connectivity index (χ0n) is 24.6. The average molecular weight is 574 g/mol. The summed E-state index contributed by atoms with van der Waals surface area (Å²) < 4.78 is 16.6.